The number of halogens is 1. The molecule has 104 valence electrons. The molecule has 0 heterocycles. The van der Waals surface area contributed by atoms with Crippen molar-refractivity contribution in [3.05, 3.63) is 69.2 Å². The van der Waals surface area contributed by atoms with Crippen molar-refractivity contribution in [2.75, 3.05) is 0 Å². The summed E-state index contributed by atoms with van der Waals surface area (Å²) in [5.41, 5.74) is 5.82. The van der Waals surface area contributed by atoms with E-state index in [4.69, 9.17) is 0 Å². The zero-order valence-electron chi connectivity index (χ0n) is 11.8. The SMILES string of the molecule is CC(NCc1cccc(Br)c1)c1ccc2c(c1)CCC2. The third-order valence-corrected chi connectivity index (χ3v) is 4.62. The van der Waals surface area contributed by atoms with Crippen LogP contribution in [0.5, 0.6) is 0 Å². The highest BCUT2D eigenvalue weighted by Crippen LogP contribution is 2.25. The Hall–Kier alpha value is -1.12. The van der Waals surface area contributed by atoms with Crippen LogP contribution in [-0.4, -0.2) is 0 Å². The summed E-state index contributed by atoms with van der Waals surface area (Å²) in [6.45, 7) is 3.15. The van der Waals surface area contributed by atoms with E-state index in [1.165, 1.54) is 30.4 Å². The van der Waals surface area contributed by atoms with Gasteiger partial charge in [0.2, 0.25) is 0 Å². The molecule has 1 aliphatic carbocycles. The first-order valence-electron chi connectivity index (χ1n) is 7.32. The topological polar surface area (TPSA) is 12.0 Å². The van der Waals surface area contributed by atoms with Crippen LogP contribution in [0, 0.1) is 0 Å². The fourth-order valence-corrected chi connectivity index (χ4v) is 3.34. The fourth-order valence-electron chi connectivity index (χ4n) is 2.90. The van der Waals surface area contributed by atoms with Crippen LogP contribution >= 0.6 is 15.9 Å². The van der Waals surface area contributed by atoms with E-state index in [-0.39, 0.29) is 0 Å². The van der Waals surface area contributed by atoms with Crippen molar-refractivity contribution in [3.8, 4) is 0 Å². The lowest BCUT2D eigenvalue weighted by Crippen LogP contribution is -2.18. The Morgan fingerprint density at radius 3 is 2.80 bits per heavy atom. The summed E-state index contributed by atoms with van der Waals surface area (Å²) in [6.07, 6.45) is 3.83. The van der Waals surface area contributed by atoms with Crippen LogP contribution in [0.3, 0.4) is 0 Å². The third-order valence-electron chi connectivity index (χ3n) is 4.12. The highest BCUT2D eigenvalue weighted by molar-refractivity contribution is 9.10. The minimum atomic E-state index is 0.389. The van der Waals surface area contributed by atoms with E-state index < -0.39 is 0 Å². The second-order valence-corrected chi connectivity index (χ2v) is 6.53. The Balaban J connectivity index is 1.66. The van der Waals surface area contributed by atoms with Gasteiger partial charge < -0.3 is 5.32 Å². The van der Waals surface area contributed by atoms with Crippen molar-refractivity contribution in [1.29, 1.82) is 0 Å². The maximum Gasteiger partial charge on any atom is 0.0295 e. The average Bonchev–Trinajstić information content (AvgIpc) is 2.92. The van der Waals surface area contributed by atoms with Gasteiger partial charge in [0.1, 0.15) is 0 Å². The van der Waals surface area contributed by atoms with Crippen LogP contribution in [0.25, 0.3) is 0 Å². The van der Waals surface area contributed by atoms with E-state index in [1.807, 2.05) is 0 Å². The lowest BCUT2D eigenvalue weighted by Gasteiger charge is -2.16. The maximum absolute atomic E-state index is 3.61. The summed E-state index contributed by atoms with van der Waals surface area (Å²) < 4.78 is 1.14. The van der Waals surface area contributed by atoms with Gasteiger partial charge in [0.25, 0.3) is 0 Å². The van der Waals surface area contributed by atoms with Gasteiger partial charge in [-0.1, -0.05) is 46.3 Å². The van der Waals surface area contributed by atoms with Crippen LogP contribution in [0.15, 0.2) is 46.9 Å². The molecule has 1 aliphatic rings. The summed E-state index contributed by atoms with van der Waals surface area (Å²) in [5, 5.41) is 3.61. The standard InChI is InChI=1S/C18H20BrN/c1-13(20-12-14-4-2-7-18(19)10-14)16-9-8-15-5-3-6-17(15)11-16/h2,4,7-11,13,20H,3,5-6,12H2,1H3. The van der Waals surface area contributed by atoms with E-state index in [1.54, 1.807) is 11.1 Å². The molecule has 2 aromatic carbocycles. The first-order valence-corrected chi connectivity index (χ1v) is 8.11. The Labute approximate surface area is 129 Å². The van der Waals surface area contributed by atoms with E-state index >= 15 is 0 Å². The Bertz CT molecular complexity index is 606. The molecule has 3 rings (SSSR count). The van der Waals surface area contributed by atoms with Gasteiger partial charge in [0.05, 0.1) is 0 Å². The zero-order chi connectivity index (χ0) is 13.9. The van der Waals surface area contributed by atoms with E-state index in [0.717, 1.165) is 11.0 Å². The Kier molecular flexibility index (Phi) is 4.23. The van der Waals surface area contributed by atoms with Crippen LogP contribution < -0.4 is 5.32 Å². The minimum Gasteiger partial charge on any atom is -0.306 e. The molecule has 2 aromatic rings. The van der Waals surface area contributed by atoms with Crippen LogP contribution in [0.4, 0.5) is 0 Å². The Morgan fingerprint density at radius 1 is 1.10 bits per heavy atom. The largest absolute Gasteiger partial charge is 0.306 e. The molecule has 0 saturated carbocycles. The number of hydrogen-bond acceptors (Lipinski definition) is 1. The molecule has 0 fully saturated rings. The van der Waals surface area contributed by atoms with Gasteiger partial charge in [0.15, 0.2) is 0 Å². The minimum absolute atomic E-state index is 0.389. The van der Waals surface area contributed by atoms with Gasteiger partial charge in [-0.3, -0.25) is 0 Å². The number of aryl methyl sites for hydroxylation is 2. The van der Waals surface area contributed by atoms with E-state index in [9.17, 15) is 0 Å². The number of fused-ring (bicyclic) bond motifs is 1. The molecule has 1 N–H and O–H groups in total. The predicted octanol–water partition coefficient (Wildman–Crippen LogP) is 4.79. The highest BCUT2D eigenvalue weighted by atomic mass is 79.9. The molecule has 2 heteroatoms. The maximum atomic E-state index is 3.61. The first kappa shape index (κ1) is 13.8. The van der Waals surface area contributed by atoms with Crippen molar-refractivity contribution >= 4 is 15.9 Å². The second kappa shape index (κ2) is 6.11. The van der Waals surface area contributed by atoms with Gasteiger partial charge in [0, 0.05) is 17.1 Å². The normalized spacial score (nSPS) is 15.1. The van der Waals surface area contributed by atoms with Crippen molar-refractivity contribution < 1.29 is 0 Å². The number of nitrogens with one attached hydrogen (secondary N) is 1. The predicted molar refractivity (Wildman–Crippen MR) is 87.9 cm³/mol. The smallest absolute Gasteiger partial charge is 0.0295 e. The summed E-state index contributed by atoms with van der Waals surface area (Å²) in [4.78, 5) is 0. The Morgan fingerprint density at radius 2 is 1.95 bits per heavy atom. The highest BCUT2D eigenvalue weighted by Gasteiger charge is 2.13. The first-order chi connectivity index (χ1) is 9.72. The van der Waals surface area contributed by atoms with Crippen molar-refractivity contribution in [2.45, 2.75) is 38.8 Å². The summed E-state index contributed by atoms with van der Waals surface area (Å²) in [6, 6.07) is 15.8. The molecule has 0 radical (unpaired) electrons. The van der Waals surface area contributed by atoms with Crippen molar-refractivity contribution in [2.24, 2.45) is 0 Å². The van der Waals surface area contributed by atoms with Gasteiger partial charge in [-0.15, -0.1) is 0 Å². The van der Waals surface area contributed by atoms with Crippen LogP contribution in [0.2, 0.25) is 0 Å². The number of benzene rings is 2. The molecule has 0 amide bonds. The van der Waals surface area contributed by atoms with Gasteiger partial charge in [-0.05, 0) is 60.6 Å². The molecule has 1 atom stereocenters. The fraction of sp³-hybridized carbons (Fsp3) is 0.333. The zero-order valence-corrected chi connectivity index (χ0v) is 13.4. The van der Waals surface area contributed by atoms with Crippen LogP contribution in [-0.2, 0) is 19.4 Å². The van der Waals surface area contributed by atoms with Crippen molar-refractivity contribution in [3.63, 3.8) is 0 Å². The van der Waals surface area contributed by atoms with E-state index in [2.05, 4.69) is 70.6 Å². The molecular weight excluding hydrogens is 310 g/mol. The summed E-state index contributed by atoms with van der Waals surface area (Å²) in [5.74, 6) is 0. The number of rotatable bonds is 4. The van der Waals surface area contributed by atoms with Gasteiger partial charge in [-0.2, -0.15) is 0 Å². The van der Waals surface area contributed by atoms with E-state index in [0.29, 0.717) is 6.04 Å². The average molecular weight is 330 g/mol. The molecule has 0 bridgehead atoms. The summed E-state index contributed by atoms with van der Waals surface area (Å²) >= 11 is 3.52. The lowest BCUT2D eigenvalue weighted by molar-refractivity contribution is 0.574. The molecule has 0 spiro atoms. The van der Waals surface area contributed by atoms with Gasteiger partial charge >= 0.3 is 0 Å². The lowest BCUT2D eigenvalue weighted by atomic mass is 10.0. The quantitative estimate of drug-likeness (QED) is 0.850. The summed E-state index contributed by atoms with van der Waals surface area (Å²) in [7, 11) is 0. The molecule has 1 nitrogen and oxygen atoms in total. The molecular formula is C18H20BrN. The molecule has 20 heavy (non-hydrogen) atoms. The molecule has 0 saturated heterocycles. The van der Waals surface area contributed by atoms with Gasteiger partial charge in [-0.25, -0.2) is 0 Å². The monoisotopic (exact) mass is 329 g/mol. The number of hydrogen-bond donors (Lipinski definition) is 1. The molecule has 0 aliphatic heterocycles. The molecule has 1 unspecified atom stereocenters. The van der Waals surface area contributed by atoms with Crippen molar-refractivity contribution in [1.82, 2.24) is 5.32 Å². The third kappa shape index (κ3) is 3.13. The second-order valence-electron chi connectivity index (χ2n) is 5.61. The van der Waals surface area contributed by atoms with Crippen LogP contribution in [0.1, 0.15) is 41.6 Å². The molecule has 0 aromatic heterocycles.